The molecule has 0 bridgehead atoms. The molecule has 5 heteroatoms. The fourth-order valence-corrected chi connectivity index (χ4v) is 3.82. The smallest absolute Gasteiger partial charge is 0.410 e. The molecule has 3 rings (SSSR count). The molecule has 2 saturated heterocycles. The topological polar surface area (TPSA) is 42.0 Å². The lowest BCUT2D eigenvalue weighted by Gasteiger charge is -2.34. The largest absolute Gasteiger partial charge is 0.445 e. The van der Waals surface area contributed by atoms with E-state index in [4.69, 9.17) is 9.47 Å². The zero-order valence-corrected chi connectivity index (χ0v) is 15.8. The van der Waals surface area contributed by atoms with Crippen LogP contribution in [0.25, 0.3) is 0 Å². The van der Waals surface area contributed by atoms with Crippen molar-refractivity contribution in [1.82, 2.24) is 9.80 Å². The van der Waals surface area contributed by atoms with Crippen LogP contribution in [0.1, 0.15) is 32.3 Å². The van der Waals surface area contributed by atoms with E-state index >= 15 is 0 Å². The molecule has 2 heterocycles. The van der Waals surface area contributed by atoms with Crippen molar-refractivity contribution in [2.75, 3.05) is 26.2 Å². The Bertz CT molecular complexity index is 595. The summed E-state index contributed by atoms with van der Waals surface area (Å²) in [4.78, 5) is 16.7. The molecule has 26 heavy (non-hydrogen) atoms. The summed E-state index contributed by atoms with van der Waals surface area (Å²) in [6.07, 6.45) is 6.74. The predicted octanol–water partition coefficient (Wildman–Crippen LogP) is 3.45. The first-order chi connectivity index (χ1) is 12.6. The second kappa shape index (κ2) is 9.19. The highest BCUT2D eigenvalue weighted by molar-refractivity contribution is 5.68. The van der Waals surface area contributed by atoms with Gasteiger partial charge in [0.25, 0.3) is 0 Å². The Hall–Kier alpha value is -1.85. The molecule has 142 valence electrons. The SMILES string of the molecule is C[C@@H]1CN(C/C=C/[C@H]2CCCN2C(=O)OCc2ccccc2)C[C@@H](C)O1. The molecule has 3 atom stereocenters. The molecule has 0 aromatic heterocycles. The molecular formula is C21H30N2O3. The highest BCUT2D eigenvalue weighted by Crippen LogP contribution is 2.20. The maximum Gasteiger partial charge on any atom is 0.410 e. The molecular weight excluding hydrogens is 328 g/mol. The molecule has 1 aromatic carbocycles. The maximum absolute atomic E-state index is 12.4. The van der Waals surface area contributed by atoms with Gasteiger partial charge >= 0.3 is 6.09 Å². The minimum absolute atomic E-state index is 0.147. The van der Waals surface area contributed by atoms with Gasteiger partial charge in [-0.1, -0.05) is 42.5 Å². The standard InChI is InChI=1S/C21H30N2O3/c1-17-14-22(15-18(2)26-17)12-6-10-20-11-7-13-23(20)21(24)25-16-19-8-4-3-5-9-19/h3-6,8-10,17-18,20H,7,11-16H2,1-2H3/b10-6+/t17-,18-,20+/m1/s1. The summed E-state index contributed by atoms with van der Waals surface area (Å²) in [5, 5.41) is 0. The van der Waals surface area contributed by atoms with Crippen LogP contribution in [0, 0.1) is 0 Å². The van der Waals surface area contributed by atoms with Crippen molar-refractivity contribution in [2.45, 2.75) is 51.5 Å². The highest BCUT2D eigenvalue weighted by atomic mass is 16.6. The van der Waals surface area contributed by atoms with Gasteiger partial charge < -0.3 is 14.4 Å². The summed E-state index contributed by atoms with van der Waals surface area (Å²) in [5.41, 5.74) is 1.02. The zero-order valence-electron chi connectivity index (χ0n) is 15.8. The van der Waals surface area contributed by atoms with Gasteiger partial charge in [-0.3, -0.25) is 4.90 Å². The Kier molecular flexibility index (Phi) is 6.69. The van der Waals surface area contributed by atoms with Gasteiger partial charge in [0.2, 0.25) is 0 Å². The van der Waals surface area contributed by atoms with Crippen LogP contribution in [-0.2, 0) is 16.1 Å². The van der Waals surface area contributed by atoms with Crippen LogP contribution < -0.4 is 0 Å². The van der Waals surface area contributed by atoms with E-state index in [-0.39, 0.29) is 24.3 Å². The van der Waals surface area contributed by atoms with Gasteiger partial charge in [0.15, 0.2) is 0 Å². The number of morpholine rings is 1. The number of hydrogen-bond acceptors (Lipinski definition) is 4. The monoisotopic (exact) mass is 358 g/mol. The van der Waals surface area contributed by atoms with E-state index in [2.05, 4.69) is 30.9 Å². The summed E-state index contributed by atoms with van der Waals surface area (Å²) in [5.74, 6) is 0. The van der Waals surface area contributed by atoms with Crippen LogP contribution in [0.4, 0.5) is 4.79 Å². The number of carbonyl (C=O) groups excluding carboxylic acids is 1. The van der Waals surface area contributed by atoms with E-state index in [1.54, 1.807) is 0 Å². The van der Waals surface area contributed by atoms with Gasteiger partial charge in [-0.05, 0) is 32.3 Å². The lowest BCUT2D eigenvalue weighted by Crippen LogP contribution is -2.45. The van der Waals surface area contributed by atoms with E-state index in [1.807, 2.05) is 35.2 Å². The van der Waals surface area contributed by atoms with Crippen LogP contribution in [0.15, 0.2) is 42.5 Å². The molecule has 0 N–H and O–H groups in total. The van der Waals surface area contributed by atoms with Gasteiger partial charge in [0, 0.05) is 26.2 Å². The van der Waals surface area contributed by atoms with E-state index in [1.165, 1.54) is 0 Å². The summed E-state index contributed by atoms with van der Waals surface area (Å²) >= 11 is 0. The Morgan fingerprint density at radius 1 is 1.23 bits per heavy atom. The van der Waals surface area contributed by atoms with E-state index < -0.39 is 0 Å². The number of rotatable bonds is 5. The Morgan fingerprint density at radius 2 is 1.96 bits per heavy atom. The average Bonchev–Trinajstić information content (AvgIpc) is 3.08. The molecule has 0 unspecified atom stereocenters. The number of benzene rings is 1. The van der Waals surface area contributed by atoms with Gasteiger partial charge in [-0.2, -0.15) is 0 Å². The van der Waals surface area contributed by atoms with Gasteiger partial charge in [-0.25, -0.2) is 4.79 Å². The molecule has 5 nitrogen and oxygen atoms in total. The fourth-order valence-electron chi connectivity index (χ4n) is 3.82. The minimum Gasteiger partial charge on any atom is -0.445 e. The van der Waals surface area contributed by atoms with Crippen molar-refractivity contribution in [3.05, 3.63) is 48.0 Å². The number of amides is 1. The van der Waals surface area contributed by atoms with Crippen molar-refractivity contribution in [2.24, 2.45) is 0 Å². The number of carbonyl (C=O) groups is 1. The molecule has 1 aromatic rings. The van der Waals surface area contributed by atoms with Crippen LogP contribution >= 0.6 is 0 Å². The van der Waals surface area contributed by atoms with Gasteiger partial charge in [-0.15, -0.1) is 0 Å². The van der Waals surface area contributed by atoms with Crippen LogP contribution in [0.3, 0.4) is 0 Å². The summed E-state index contributed by atoms with van der Waals surface area (Å²) in [7, 11) is 0. The predicted molar refractivity (Wildman–Crippen MR) is 102 cm³/mol. The van der Waals surface area contributed by atoms with Crippen LogP contribution in [-0.4, -0.2) is 60.3 Å². The first-order valence-electron chi connectivity index (χ1n) is 9.63. The van der Waals surface area contributed by atoms with Crippen molar-refractivity contribution >= 4 is 6.09 Å². The number of ether oxygens (including phenoxy) is 2. The third kappa shape index (κ3) is 5.32. The van der Waals surface area contributed by atoms with Gasteiger partial charge in [0.05, 0.1) is 18.2 Å². The summed E-state index contributed by atoms with van der Waals surface area (Å²) < 4.78 is 11.3. The first kappa shape index (κ1) is 18.9. The second-order valence-corrected chi connectivity index (χ2v) is 7.35. The van der Waals surface area contributed by atoms with Crippen LogP contribution in [0.5, 0.6) is 0 Å². The molecule has 0 saturated carbocycles. The highest BCUT2D eigenvalue weighted by Gasteiger charge is 2.28. The second-order valence-electron chi connectivity index (χ2n) is 7.35. The van der Waals surface area contributed by atoms with E-state index in [9.17, 15) is 4.79 Å². The molecule has 0 radical (unpaired) electrons. The first-order valence-corrected chi connectivity index (χ1v) is 9.63. The van der Waals surface area contributed by atoms with Crippen molar-refractivity contribution < 1.29 is 14.3 Å². The number of hydrogen-bond donors (Lipinski definition) is 0. The molecule has 2 aliphatic rings. The minimum atomic E-state index is -0.213. The van der Waals surface area contributed by atoms with Crippen molar-refractivity contribution in [3.63, 3.8) is 0 Å². The van der Waals surface area contributed by atoms with Crippen LogP contribution in [0.2, 0.25) is 0 Å². The Labute approximate surface area is 156 Å². The van der Waals surface area contributed by atoms with Gasteiger partial charge in [0.1, 0.15) is 6.61 Å². The maximum atomic E-state index is 12.4. The summed E-state index contributed by atoms with van der Waals surface area (Å²) in [6.45, 7) is 8.16. The molecule has 0 spiro atoms. The average molecular weight is 358 g/mol. The fraction of sp³-hybridized carbons (Fsp3) is 0.571. The third-order valence-electron chi connectivity index (χ3n) is 4.96. The quantitative estimate of drug-likeness (QED) is 0.756. The Morgan fingerprint density at radius 3 is 2.69 bits per heavy atom. The molecule has 2 fully saturated rings. The number of likely N-dealkylation sites (tertiary alicyclic amines) is 1. The molecule has 0 aliphatic carbocycles. The molecule has 2 aliphatic heterocycles. The van der Waals surface area contributed by atoms with Crippen molar-refractivity contribution in [1.29, 1.82) is 0 Å². The lowest BCUT2D eigenvalue weighted by molar-refractivity contribution is -0.0646. The van der Waals surface area contributed by atoms with E-state index in [0.717, 1.165) is 44.6 Å². The normalized spacial score (nSPS) is 27.2. The van der Waals surface area contributed by atoms with Crippen molar-refractivity contribution in [3.8, 4) is 0 Å². The van der Waals surface area contributed by atoms with E-state index in [0.29, 0.717) is 6.61 Å². The Balaban J connectivity index is 1.47. The number of nitrogens with zero attached hydrogens (tertiary/aromatic N) is 2. The molecule has 1 amide bonds. The lowest BCUT2D eigenvalue weighted by atomic mass is 10.2. The summed E-state index contributed by atoms with van der Waals surface area (Å²) in [6, 6.07) is 9.96. The third-order valence-corrected chi connectivity index (χ3v) is 4.96. The zero-order chi connectivity index (χ0) is 18.4.